The lowest BCUT2D eigenvalue weighted by Crippen LogP contribution is -2.28. The predicted molar refractivity (Wildman–Crippen MR) is 95.0 cm³/mol. The average Bonchev–Trinajstić information content (AvgIpc) is 3.09. The molecule has 0 radical (unpaired) electrons. The number of carbonyl (C=O) groups excluding carboxylic acids is 2. The third-order valence-electron chi connectivity index (χ3n) is 3.17. The largest absolute Gasteiger partial charge is 0.469 e. The van der Waals surface area contributed by atoms with Gasteiger partial charge in [-0.1, -0.05) is 22.0 Å². The van der Waals surface area contributed by atoms with Crippen LogP contribution in [0, 0.1) is 5.82 Å². The van der Waals surface area contributed by atoms with Gasteiger partial charge in [-0.2, -0.15) is 0 Å². The molecule has 0 spiro atoms. The van der Waals surface area contributed by atoms with Gasteiger partial charge in [-0.15, -0.1) is 11.3 Å². The van der Waals surface area contributed by atoms with E-state index in [0.717, 1.165) is 4.88 Å². The fraction of sp³-hybridized carbons (Fsp3) is 0.176. The topological polar surface area (TPSA) is 55.4 Å². The van der Waals surface area contributed by atoms with E-state index >= 15 is 0 Å². The van der Waals surface area contributed by atoms with Crippen molar-refractivity contribution in [3.63, 3.8) is 0 Å². The molecule has 126 valence electrons. The third-order valence-corrected chi connectivity index (χ3v) is 4.65. The summed E-state index contributed by atoms with van der Waals surface area (Å²) in [6.07, 6.45) is 2.66. The molecule has 2 aromatic rings. The summed E-state index contributed by atoms with van der Waals surface area (Å²) in [5, 5.41) is 4.60. The van der Waals surface area contributed by atoms with Crippen LogP contribution in [-0.2, 0) is 14.3 Å². The van der Waals surface area contributed by atoms with Crippen molar-refractivity contribution in [3.05, 3.63) is 62.5 Å². The van der Waals surface area contributed by atoms with E-state index in [2.05, 4.69) is 26.0 Å². The van der Waals surface area contributed by atoms with E-state index in [1.165, 1.54) is 36.7 Å². The third kappa shape index (κ3) is 5.28. The maximum Gasteiger partial charge on any atom is 0.307 e. The summed E-state index contributed by atoms with van der Waals surface area (Å²) in [6, 6.07) is 7.65. The zero-order valence-corrected chi connectivity index (χ0v) is 15.2. The van der Waals surface area contributed by atoms with Gasteiger partial charge in [0.1, 0.15) is 5.82 Å². The first-order valence-corrected chi connectivity index (χ1v) is 8.70. The summed E-state index contributed by atoms with van der Waals surface area (Å²) in [5.41, 5.74) is 0.292. The van der Waals surface area contributed by atoms with Crippen LogP contribution in [0.2, 0.25) is 0 Å². The van der Waals surface area contributed by atoms with Crippen LogP contribution in [0.4, 0.5) is 4.39 Å². The van der Waals surface area contributed by atoms with Gasteiger partial charge in [0.25, 0.3) is 0 Å². The highest BCUT2D eigenvalue weighted by atomic mass is 79.9. The Labute approximate surface area is 151 Å². The fourth-order valence-corrected chi connectivity index (χ4v) is 3.15. The van der Waals surface area contributed by atoms with Gasteiger partial charge >= 0.3 is 5.97 Å². The lowest BCUT2D eigenvalue weighted by atomic mass is 10.1. The monoisotopic (exact) mass is 411 g/mol. The maximum atomic E-state index is 13.7. The molecule has 1 amide bonds. The number of amides is 1. The Morgan fingerprint density at radius 1 is 1.42 bits per heavy atom. The zero-order chi connectivity index (χ0) is 17.5. The van der Waals surface area contributed by atoms with Crippen LogP contribution in [0.1, 0.15) is 22.9 Å². The summed E-state index contributed by atoms with van der Waals surface area (Å²) >= 11 is 4.69. The Balaban J connectivity index is 2.08. The minimum absolute atomic E-state index is 0.0296. The van der Waals surface area contributed by atoms with Crippen molar-refractivity contribution in [2.24, 2.45) is 0 Å². The smallest absolute Gasteiger partial charge is 0.307 e. The Morgan fingerprint density at radius 2 is 2.21 bits per heavy atom. The van der Waals surface area contributed by atoms with Crippen LogP contribution >= 0.6 is 27.3 Å². The summed E-state index contributed by atoms with van der Waals surface area (Å²) < 4.78 is 19.0. The number of nitrogens with one attached hydrogen (secondary N) is 1. The molecule has 1 aromatic heterocycles. The second-order valence-electron chi connectivity index (χ2n) is 4.86. The van der Waals surface area contributed by atoms with Gasteiger partial charge in [0.2, 0.25) is 5.91 Å². The van der Waals surface area contributed by atoms with Crippen molar-refractivity contribution in [1.82, 2.24) is 5.32 Å². The number of hydrogen-bond donors (Lipinski definition) is 1. The lowest BCUT2D eigenvalue weighted by Gasteiger charge is -2.15. The SMILES string of the molecule is COC(=O)CC(NC(=O)/C=C/c1cc(Br)ccc1F)c1cccs1. The van der Waals surface area contributed by atoms with Crippen molar-refractivity contribution in [3.8, 4) is 0 Å². The number of rotatable bonds is 6. The number of methoxy groups -OCH3 is 1. The number of hydrogen-bond acceptors (Lipinski definition) is 4. The van der Waals surface area contributed by atoms with Gasteiger partial charge in [-0.3, -0.25) is 9.59 Å². The first-order valence-electron chi connectivity index (χ1n) is 7.03. The van der Waals surface area contributed by atoms with E-state index in [1.54, 1.807) is 12.1 Å². The molecule has 1 unspecified atom stereocenters. The van der Waals surface area contributed by atoms with Gasteiger partial charge in [0, 0.05) is 21.0 Å². The van der Waals surface area contributed by atoms with E-state index < -0.39 is 23.7 Å². The Morgan fingerprint density at radius 3 is 2.88 bits per heavy atom. The molecule has 7 heteroatoms. The molecule has 1 aromatic carbocycles. The molecule has 0 saturated heterocycles. The Hall–Kier alpha value is -1.99. The summed E-state index contributed by atoms with van der Waals surface area (Å²) in [6.45, 7) is 0. The van der Waals surface area contributed by atoms with Crippen LogP contribution < -0.4 is 5.32 Å². The summed E-state index contributed by atoms with van der Waals surface area (Å²) in [4.78, 5) is 24.5. The molecular formula is C17H15BrFNO3S. The van der Waals surface area contributed by atoms with Crippen molar-refractivity contribution < 1.29 is 18.7 Å². The minimum atomic E-state index is -0.484. The van der Waals surface area contributed by atoms with Gasteiger partial charge in [0.15, 0.2) is 0 Å². The molecule has 1 heterocycles. The number of esters is 1. The molecule has 0 aliphatic heterocycles. The van der Waals surface area contributed by atoms with Gasteiger partial charge in [-0.25, -0.2) is 4.39 Å². The number of thiophene rings is 1. The molecule has 0 fully saturated rings. The van der Waals surface area contributed by atoms with Gasteiger partial charge in [0.05, 0.1) is 19.6 Å². The predicted octanol–water partition coefficient (Wildman–Crippen LogP) is 4.08. The van der Waals surface area contributed by atoms with Crippen LogP contribution in [0.25, 0.3) is 6.08 Å². The Bertz CT molecular complexity index is 746. The molecule has 24 heavy (non-hydrogen) atoms. The van der Waals surface area contributed by atoms with E-state index in [9.17, 15) is 14.0 Å². The molecule has 1 N–H and O–H groups in total. The highest BCUT2D eigenvalue weighted by Gasteiger charge is 2.18. The highest BCUT2D eigenvalue weighted by Crippen LogP contribution is 2.22. The van der Waals surface area contributed by atoms with Crippen molar-refractivity contribution in [1.29, 1.82) is 0 Å². The van der Waals surface area contributed by atoms with Crippen LogP contribution in [0.15, 0.2) is 46.3 Å². The first kappa shape index (κ1) is 18.4. The first-order chi connectivity index (χ1) is 11.5. The highest BCUT2D eigenvalue weighted by molar-refractivity contribution is 9.10. The van der Waals surface area contributed by atoms with Crippen molar-refractivity contribution in [2.75, 3.05) is 7.11 Å². The van der Waals surface area contributed by atoms with E-state index in [4.69, 9.17) is 0 Å². The number of carbonyl (C=O) groups is 2. The molecule has 4 nitrogen and oxygen atoms in total. The maximum absolute atomic E-state index is 13.7. The summed E-state index contributed by atoms with van der Waals surface area (Å²) in [5.74, 6) is -1.26. The minimum Gasteiger partial charge on any atom is -0.469 e. The molecule has 0 aliphatic rings. The quantitative estimate of drug-likeness (QED) is 0.575. The van der Waals surface area contributed by atoms with Crippen LogP contribution in [0.5, 0.6) is 0 Å². The van der Waals surface area contributed by atoms with Crippen molar-refractivity contribution in [2.45, 2.75) is 12.5 Å². The molecule has 0 bridgehead atoms. The van der Waals surface area contributed by atoms with Crippen LogP contribution in [-0.4, -0.2) is 19.0 Å². The molecule has 2 rings (SSSR count). The second-order valence-corrected chi connectivity index (χ2v) is 6.75. The van der Waals surface area contributed by atoms with Gasteiger partial charge < -0.3 is 10.1 Å². The fourth-order valence-electron chi connectivity index (χ4n) is 1.99. The van der Waals surface area contributed by atoms with E-state index in [0.29, 0.717) is 10.0 Å². The normalized spacial score (nSPS) is 12.1. The van der Waals surface area contributed by atoms with Gasteiger partial charge in [-0.05, 0) is 35.7 Å². The molecular weight excluding hydrogens is 397 g/mol. The van der Waals surface area contributed by atoms with E-state index in [1.807, 2.05) is 17.5 Å². The molecule has 0 saturated carbocycles. The zero-order valence-electron chi connectivity index (χ0n) is 12.8. The molecule has 1 atom stereocenters. The number of benzene rings is 1. The lowest BCUT2D eigenvalue weighted by molar-refractivity contribution is -0.141. The van der Waals surface area contributed by atoms with Crippen LogP contribution in [0.3, 0.4) is 0 Å². The molecule has 0 aliphatic carbocycles. The average molecular weight is 412 g/mol. The van der Waals surface area contributed by atoms with Crippen molar-refractivity contribution >= 4 is 45.2 Å². The summed E-state index contributed by atoms with van der Waals surface area (Å²) in [7, 11) is 1.30. The number of ether oxygens (including phenoxy) is 1. The van der Waals surface area contributed by atoms with E-state index in [-0.39, 0.29) is 6.42 Å². The standard InChI is InChI=1S/C17H15BrFNO3S/c1-23-17(22)10-14(15-3-2-8-24-15)20-16(21)7-4-11-9-12(18)5-6-13(11)19/h2-9,14H,10H2,1H3,(H,20,21)/b7-4+. The second kappa shape index (κ2) is 8.75. The Kier molecular flexibility index (Phi) is 6.69. The number of halogens is 2.